The van der Waals surface area contributed by atoms with Crippen LogP contribution in [0.1, 0.15) is 400 Å². The minimum Gasteiger partial charge on any atom is -0.462 e. The molecule has 104 heavy (non-hydrogen) atoms. The molecular formula is C85H156O17P2. The Kier molecular flexibility index (Phi) is 75.5. The zero-order valence-electron chi connectivity index (χ0n) is 66.7. The highest BCUT2D eigenvalue weighted by molar-refractivity contribution is 7.47. The van der Waals surface area contributed by atoms with Crippen LogP contribution in [0.5, 0.6) is 0 Å². The van der Waals surface area contributed by atoms with E-state index in [1.165, 1.54) is 205 Å². The average molecular weight is 1510 g/mol. The Hall–Kier alpha value is -3.24. The van der Waals surface area contributed by atoms with Crippen LogP contribution in [-0.2, 0) is 65.4 Å². The van der Waals surface area contributed by atoms with Crippen LogP contribution in [0.15, 0.2) is 60.8 Å². The molecule has 0 spiro atoms. The minimum absolute atomic E-state index is 0.0245. The molecule has 0 radical (unpaired) electrons. The molecule has 0 heterocycles. The Morgan fingerprint density at radius 3 is 0.788 bits per heavy atom. The van der Waals surface area contributed by atoms with E-state index < -0.39 is 97.5 Å². The molecule has 0 saturated heterocycles. The normalized spacial score (nSPS) is 14.1. The number of hydrogen-bond donors (Lipinski definition) is 3. The number of carbonyl (C=O) groups excluding carboxylic acids is 4. The SMILES string of the molecule is CCCCC/C=C\C/C=C\C/C=C\C/C=C\CCCC(=O)O[C@H](COC(=O)CCCCCCCCCCCCCCCCC)COP(=O)(O)OC[C@H](O)COP(=O)(O)OC[C@@H](COC(=O)CCCCCCC/C=C\CCCCCCCC)OC(=O)CCCCCCCCCCCCCCCCCCC. The third-order valence-electron chi connectivity index (χ3n) is 18.5. The Morgan fingerprint density at radius 2 is 0.481 bits per heavy atom. The van der Waals surface area contributed by atoms with Gasteiger partial charge in [0.15, 0.2) is 12.2 Å². The number of unbranched alkanes of at least 4 members (excludes halogenated alkanes) is 45. The number of allylic oxidation sites excluding steroid dienone is 10. The molecule has 608 valence electrons. The van der Waals surface area contributed by atoms with Gasteiger partial charge in [-0.3, -0.25) is 37.3 Å². The highest BCUT2D eigenvalue weighted by atomic mass is 31.2. The molecule has 0 aromatic rings. The van der Waals surface area contributed by atoms with Gasteiger partial charge in [0.25, 0.3) is 0 Å². The van der Waals surface area contributed by atoms with Gasteiger partial charge in [-0.2, -0.15) is 0 Å². The molecule has 5 atom stereocenters. The summed E-state index contributed by atoms with van der Waals surface area (Å²) < 4.78 is 68.7. The molecule has 19 heteroatoms. The predicted octanol–water partition coefficient (Wildman–Crippen LogP) is 25.0. The molecular weight excluding hydrogens is 1350 g/mol. The second-order valence-corrected chi connectivity index (χ2v) is 31.7. The summed E-state index contributed by atoms with van der Waals surface area (Å²) in [6, 6.07) is 0. The van der Waals surface area contributed by atoms with Crippen molar-refractivity contribution in [2.24, 2.45) is 0 Å². The Bertz CT molecular complexity index is 2200. The Labute approximate surface area is 635 Å². The van der Waals surface area contributed by atoms with Crippen molar-refractivity contribution in [2.75, 3.05) is 39.6 Å². The summed E-state index contributed by atoms with van der Waals surface area (Å²) in [6.07, 6.45) is 79.0. The quantitative estimate of drug-likeness (QED) is 0.0169. The lowest BCUT2D eigenvalue weighted by Crippen LogP contribution is -2.30. The maximum Gasteiger partial charge on any atom is 0.472 e. The van der Waals surface area contributed by atoms with E-state index >= 15 is 0 Å². The van der Waals surface area contributed by atoms with Crippen LogP contribution in [0.25, 0.3) is 0 Å². The largest absolute Gasteiger partial charge is 0.472 e. The molecule has 2 unspecified atom stereocenters. The predicted molar refractivity (Wildman–Crippen MR) is 427 cm³/mol. The van der Waals surface area contributed by atoms with Crippen molar-refractivity contribution in [1.29, 1.82) is 0 Å². The van der Waals surface area contributed by atoms with Gasteiger partial charge in [-0.05, 0) is 89.9 Å². The second-order valence-electron chi connectivity index (χ2n) is 28.8. The minimum atomic E-state index is -4.99. The van der Waals surface area contributed by atoms with Crippen molar-refractivity contribution in [2.45, 2.75) is 418 Å². The fourth-order valence-corrected chi connectivity index (χ4v) is 13.6. The van der Waals surface area contributed by atoms with E-state index in [1.807, 2.05) is 12.2 Å². The van der Waals surface area contributed by atoms with E-state index in [9.17, 15) is 43.2 Å². The zero-order valence-corrected chi connectivity index (χ0v) is 68.5. The van der Waals surface area contributed by atoms with Gasteiger partial charge >= 0.3 is 39.5 Å². The van der Waals surface area contributed by atoms with Crippen LogP contribution in [0.4, 0.5) is 0 Å². The number of carbonyl (C=O) groups is 4. The molecule has 3 N–H and O–H groups in total. The van der Waals surface area contributed by atoms with E-state index in [2.05, 4.69) is 76.3 Å². The number of aliphatic hydroxyl groups is 1. The zero-order chi connectivity index (χ0) is 76.0. The highest BCUT2D eigenvalue weighted by Crippen LogP contribution is 2.45. The lowest BCUT2D eigenvalue weighted by Gasteiger charge is -2.21. The first-order valence-corrected chi connectivity index (χ1v) is 45.5. The lowest BCUT2D eigenvalue weighted by atomic mass is 10.0. The van der Waals surface area contributed by atoms with Gasteiger partial charge in [-0.25, -0.2) is 9.13 Å². The Morgan fingerprint density at radius 1 is 0.269 bits per heavy atom. The van der Waals surface area contributed by atoms with E-state index in [1.54, 1.807) is 0 Å². The summed E-state index contributed by atoms with van der Waals surface area (Å²) in [7, 11) is -9.96. The second kappa shape index (κ2) is 77.9. The molecule has 0 aliphatic carbocycles. The summed E-state index contributed by atoms with van der Waals surface area (Å²) in [5.41, 5.74) is 0. The summed E-state index contributed by atoms with van der Waals surface area (Å²) in [5, 5.41) is 10.7. The number of aliphatic hydroxyl groups excluding tert-OH is 1. The summed E-state index contributed by atoms with van der Waals surface area (Å²) in [5.74, 6) is -2.21. The molecule has 0 aromatic heterocycles. The highest BCUT2D eigenvalue weighted by Gasteiger charge is 2.30. The molecule has 0 bridgehead atoms. The van der Waals surface area contributed by atoms with E-state index in [4.69, 9.17) is 37.0 Å². The first-order chi connectivity index (χ1) is 50.7. The standard InChI is InChI=1S/C85H156O17P2/c1-5-9-13-17-21-25-29-33-37-39-43-47-51-55-59-63-67-71-84(89)101-80(75-95-82(87)69-65-61-57-53-49-45-41-35-31-27-23-19-15-11-7-3)77-99-103(91,92)97-73-79(86)74-98-104(93,94)100-78-81(76-96-83(88)70-66-62-58-54-50-46-42-36-32-28-24-20-16-12-8-4)102-85(90)72-68-64-60-56-52-48-44-40-38-34-30-26-22-18-14-10-6-2/h21,25,33,36-37,42-43,47,55,59,79-81,86H,5-20,22-24,26-32,34-35,38-41,44-46,48-54,56-58,60-78H2,1-4H3,(H,91,92)(H,93,94)/b25-21-,37-33-,42-36-,47-43-,59-55-/t79-,80+,81+/m0/s1. The number of hydrogen-bond acceptors (Lipinski definition) is 15. The number of phosphoric ester groups is 2. The fraction of sp³-hybridized carbons (Fsp3) is 0.835. The smallest absolute Gasteiger partial charge is 0.462 e. The van der Waals surface area contributed by atoms with E-state index in [0.29, 0.717) is 32.1 Å². The fourth-order valence-electron chi connectivity index (χ4n) is 12.0. The molecule has 0 fully saturated rings. The molecule has 0 aliphatic rings. The van der Waals surface area contributed by atoms with Crippen LogP contribution >= 0.6 is 15.6 Å². The monoisotopic (exact) mass is 1510 g/mol. The number of esters is 4. The van der Waals surface area contributed by atoms with Gasteiger partial charge in [0, 0.05) is 25.7 Å². The van der Waals surface area contributed by atoms with Gasteiger partial charge in [0.2, 0.25) is 0 Å². The van der Waals surface area contributed by atoms with Crippen molar-refractivity contribution >= 4 is 39.5 Å². The van der Waals surface area contributed by atoms with Gasteiger partial charge in [0.05, 0.1) is 26.4 Å². The Balaban J connectivity index is 5.37. The first kappa shape index (κ1) is 101. The van der Waals surface area contributed by atoms with Crippen molar-refractivity contribution in [3.05, 3.63) is 60.8 Å². The summed E-state index contributed by atoms with van der Waals surface area (Å²) >= 11 is 0. The topological polar surface area (TPSA) is 237 Å². The maximum atomic E-state index is 13.1. The summed E-state index contributed by atoms with van der Waals surface area (Å²) in [6.45, 7) is 4.88. The molecule has 0 amide bonds. The van der Waals surface area contributed by atoms with Crippen LogP contribution in [0.3, 0.4) is 0 Å². The van der Waals surface area contributed by atoms with Gasteiger partial charge in [0.1, 0.15) is 19.3 Å². The third-order valence-corrected chi connectivity index (χ3v) is 20.4. The van der Waals surface area contributed by atoms with Crippen LogP contribution in [0, 0.1) is 0 Å². The van der Waals surface area contributed by atoms with Crippen LogP contribution in [0.2, 0.25) is 0 Å². The maximum absolute atomic E-state index is 13.1. The molecule has 0 rings (SSSR count). The van der Waals surface area contributed by atoms with Crippen molar-refractivity contribution < 1.29 is 80.2 Å². The third kappa shape index (κ3) is 76.9. The van der Waals surface area contributed by atoms with Crippen LogP contribution < -0.4 is 0 Å². The molecule has 0 aromatic carbocycles. The summed E-state index contributed by atoms with van der Waals surface area (Å²) in [4.78, 5) is 73.1. The van der Waals surface area contributed by atoms with E-state index in [-0.39, 0.29) is 25.7 Å². The number of rotatable bonds is 81. The number of phosphoric acid groups is 2. The molecule has 0 saturated carbocycles. The van der Waals surface area contributed by atoms with Gasteiger partial charge in [-0.1, -0.05) is 345 Å². The first-order valence-electron chi connectivity index (χ1n) is 42.5. The van der Waals surface area contributed by atoms with Crippen molar-refractivity contribution in [3.63, 3.8) is 0 Å². The van der Waals surface area contributed by atoms with Crippen molar-refractivity contribution in [1.82, 2.24) is 0 Å². The van der Waals surface area contributed by atoms with Gasteiger partial charge in [-0.15, -0.1) is 0 Å². The molecule has 0 aliphatic heterocycles. The van der Waals surface area contributed by atoms with Gasteiger partial charge < -0.3 is 33.8 Å². The number of ether oxygens (including phenoxy) is 4. The van der Waals surface area contributed by atoms with E-state index in [0.717, 1.165) is 109 Å². The molecule has 17 nitrogen and oxygen atoms in total. The van der Waals surface area contributed by atoms with Crippen molar-refractivity contribution in [3.8, 4) is 0 Å². The lowest BCUT2D eigenvalue weighted by molar-refractivity contribution is -0.161. The van der Waals surface area contributed by atoms with Crippen LogP contribution in [-0.4, -0.2) is 96.7 Å². The average Bonchev–Trinajstić information content (AvgIpc) is 0.907.